The maximum Gasteiger partial charge on any atom is 0.253 e. The number of carbonyl (C=O) groups is 2. The molecule has 1 aromatic heterocycles. The van der Waals surface area contributed by atoms with Gasteiger partial charge < -0.3 is 10.6 Å². The van der Waals surface area contributed by atoms with Gasteiger partial charge in [-0.25, -0.2) is 0 Å². The fourth-order valence-electron chi connectivity index (χ4n) is 4.28. The van der Waals surface area contributed by atoms with Crippen LogP contribution in [0.5, 0.6) is 0 Å². The first-order valence-electron chi connectivity index (χ1n) is 9.22. The fraction of sp³-hybridized carbons (Fsp3) is 0.450. The molecule has 2 aromatic rings. The van der Waals surface area contributed by atoms with E-state index in [4.69, 9.17) is 5.73 Å². The van der Waals surface area contributed by atoms with Gasteiger partial charge in [-0.3, -0.25) is 14.3 Å². The largest absolute Gasteiger partial charge is 0.369 e. The monoisotopic (exact) mass is 352 g/mol. The van der Waals surface area contributed by atoms with E-state index in [1.165, 1.54) is 24.0 Å². The first-order chi connectivity index (χ1) is 12.5. The lowest BCUT2D eigenvalue weighted by molar-refractivity contribution is -0.121. The molecular weight excluding hydrogens is 328 g/mol. The average molecular weight is 352 g/mol. The maximum absolute atomic E-state index is 13.0. The standard InChI is InChI=1S/C20H24N4O2/c1-23-10-16(9-22-23)17-11-24(12-18(17)19(21)25)20(26)15-7-6-13-4-2-3-5-14(13)8-15/h6-10,17-18H,2-5,11-12H2,1H3,(H2,21,25)/t17-,18+/m1/s1. The van der Waals surface area contributed by atoms with E-state index in [1.807, 2.05) is 25.4 Å². The smallest absolute Gasteiger partial charge is 0.253 e. The molecular formula is C20H24N4O2. The Kier molecular flexibility index (Phi) is 4.26. The van der Waals surface area contributed by atoms with Gasteiger partial charge in [-0.2, -0.15) is 5.10 Å². The number of aryl methyl sites for hydroxylation is 3. The minimum atomic E-state index is -0.374. The highest BCUT2D eigenvalue weighted by Gasteiger charge is 2.40. The molecule has 6 nitrogen and oxygen atoms in total. The summed E-state index contributed by atoms with van der Waals surface area (Å²) in [4.78, 5) is 26.7. The number of carbonyl (C=O) groups excluding carboxylic acids is 2. The number of benzene rings is 1. The van der Waals surface area contributed by atoms with E-state index >= 15 is 0 Å². The van der Waals surface area contributed by atoms with Crippen molar-refractivity contribution >= 4 is 11.8 Å². The minimum absolute atomic E-state index is 0.0176. The average Bonchev–Trinajstić information content (AvgIpc) is 3.27. The van der Waals surface area contributed by atoms with Gasteiger partial charge in [-0.15, -0.1) is 0 Å². The molecule has 0 saturated carbocycles. The van der Waals surface area contributed by atoms with Crippen molar-refractivity contribution in [1.29, 1.82) is 0 Å². The summed E-state index contributed by atoms with van der Waals surface area (Å²) in [6.07, 6.45) is 8.20. The molecule has 1 aliphatic heterocycles. The van der Waals surface area contributed by atoms with Crippen molar-refractivity contribution in [3.8, 4) is 0 Å². The predicted molar refractivity (Wildman–Crippen MR) is 97.6 cm³/mol. The van der Waals surface area contributed by atoms with Gasteiger partial charge in [0.2, 0.25) is 5.91 Å². The van der Waals surface area contributed by atoms with Crippen LogP contribution in [-0.4, -0.2) is 39.6 Å². The highest BCUT2D eigenvalue weighted by Crippen LogP contribution is 2.33. The zero-order valence-electron chi connectivity index (χ0n) is 15.0. The summed E-state index contributed by atoms with van der Waals surface area (Å²) < 4.78 is 1.71. The van der Waals surface area contributed by atoms with Crippen molar-refractivity contribution in [1.82, 2.24) is 14.7 Å². The summed E-state index contributed by atoms with van der Waals surface area (Å²) in [6.45, 7) is 0.861. The number of primary amides is 1. The van der Waals surface area contributed by atoms with E-state index in [0.29, 0.717) is 18.7 Å². The molecule has 0 radical (unpaired) electrons. The molecule has 0 unspecified atom stereocenters. The summed E-state index contributed by atoms with van der Waals surface area (Å²) in [5.41, 5.74) is 9.93. The number of hydrogen-bond donors (Lipinski definition) is 1. The van der Waals surface area contributed by atoms with E-state index in [2.05, 4.69) is 11.2 Å². The minimum Gasteiger partial charge on any atom is -0.369 e. The Hall–Kier alpha value is -2.63. The van der Waals surface area contributed by atoms with Crippen LogP contribution in [0, 0.1) is 5.92 Å². The van der Waals surface area contributed by atoms with Crippen LogP contribution in [0.4, 0.5) is 0 Å². The second kappa shape index (κ2) is 6.59. The van der Waals surface area contributed by atoms with Crippen molar-refractivity contribution in [3.05, 3.63) is 52.8 Å². The van der Waals surface area contributed by atoms with Crippen molar-refractivity contribution in [2.45, 2.75) is 31.6 Å². The lowest BCUT2D eigenvalue weighted by atomic mass is 9.90. The van der Waals surface area contributed by atoms with Crippen LogP contribution >= 0.6 is 0 Å². The number of likely N-dealkylation sites (tertiary alicyclic amines) is 1. The van der Waals surface area contributed by atoms with Crippen molar-refractivity contribution in [2.24, 2.45) is 18.7 Å². The first-order valence-corrected chi connectivity index (χ1v) is 9.22. The predicted octanol–water partition coefficient (Wildman–Crippen LogP) is 1.64. The van der Waals surface area contributed by atoms with Gasteiger partial charge >= 0.3 is 0 Å². The van der Waals surface area contributed by atoms with E-state index in [-0.39, 0.29) is 23.7 Å². The molecule has 2 N–H and O–H groups in total. The Balaban J connectivity index is 1.57. The van der Waals surface area contributed by atoms with Gasteiger partial charge in [-0.05, 0) is 54.5 Å². The molecule has 1 aromatic carbocycles. The number of nitrogens with zero attached hydrogens (tertiary/aromatic N) is 3. The number of hydrogen-bond acceptors (Lipinski definition) is 3. The second-order valence-electron chi connectivity index (χ2n) is 7.46. The molecule has 2 atom stereocenters. The third-order valence-electron chi connectivity index (χ3n) is 5.72. The SMILES string of the molecule is Cn1cc([C@H]2CN(C(=O)c3ccc4c(c3)CCCC4)C[C@@H]2C(N)=O)cn1. The summed E-state index contributed by atoms with van der Waals surface area (Å²) >= 11 is 0. The molecule has 1 aliphatic carbocycles. The molecule has 136 valence electrons. The highest BCUT2D eigenvalue weighted by atomic mass is 16.2. The van der Waals surface area contributed by atoms with Gasteiger partial charge in [0.1, 0.15) is 0 Å². The van der Waals surface area contributed by atoms with Crippen LogP contribution in [0.3, 0.4) is 0 Å². The Morgan fingerprint density at radius 2 is 1.92 bits per heavy atom. The molecule has 0 spiro atoms. The van der Waals surface area contributed by atoms with Crippen LogP contribution in [0.2, 0.25) is 0 Å². The Labute approximate surface area is 153 Å². The van der Waals surface area contributed by atoms with Crippen LogP contribution in [0.1, 0.15) is 45.8 Å². The molecule has 26 heavy (non-hydrogen) atoms. The van der Waals surface area contributed by atoms with Gasteiger partial charge in [0.25, 0.3) is 5.91 Å². The molecule has 1 fully saturated rings. The van der Waals surface area contributed by atoms with E-state index in [0.717, 1.165) is 18.4 Å². The molecule has 4 rings (SSSR count). The van der Waals surface area contributed by atoms with E-state index in [1.54, 1.807) is 15.8 Å². The van der Waals surface area contributed by atoms with Crippen LogP contribution in [-0.2, 0) is 24.7 Å². The van der Waals surface area contributed by atoms with Crippen LogP contribution in [0.15, 0.2) is 30.6 Å². The summed E-state index contributed by atoms with van der Waals surface area (Å²) in [5.74, 6) is -0.848. The second-order valence-corrected chi connectivity index (χ2v) is 7.46. The summed E-state index contributed by atoms with van der Waals surface area (Å²) in [6, 6.07) is 6.04. The summed E-state index contributed by atoms with van der Waals surface area (Å²) in [5, 5.41) is 4.19. The molecule has 2 aliphatic rings. The van der Waals surface area contributed by atoms with Crippen molar-refractivity contribution < 1.29 is 9.59 Å². The number of fused-ring (bicyclic) bond motifs is 1. The zero-order valence-corrected chi connectivity index (χ0v) is 15.0. The van der Waals surface area contributed by atoms with Gasteiger partial charge in [0.05, 0.1) is 12.1 Å². The van der Waals surface area contributed by atoms with Gasteiger partial charge in [0, 0.05) is 37.8 Å². The third-order valence-corrected chi connectivity index (χ3v) is 5.72. The van der Waals surface area contributed by atoms with Crippen molar-refractivity contribution in [3.63, 3.8) is 0 Å². The maximum atomic E-state index is 13.0. The zero-order chi connectivity index (χ0) is 18.3. The van der Waals surface area contributed by atoms with Gasteiger partial charge in [0.15, 0.2) is 0 Å². The van der Waals surface area contributed by atoms with Gasteiger partial charge in [-0.1, -0.05) is 6.07 Å². The Bertz CT molecular complexity index is 857. The first kappa shape index (κ1) is 16.8. The summed E-state index contributed by atoms with van der Waals surface area (Å²) in [7, 11) is 1.84. The Morgan fingerprint density at radius 3 is 2.62 bits per heavy atom. The van der Waals surface area contributed by atoms with Crippen LogP contribution < -0.4 is 5.73 Å². The molecule has 1 saturated heterocycles. The third kappa shape index (κ3) is 3.00. The lowest BCUT2D eigenvalue weighted by Crippen LogP contribution is -2.32. The van der Waals surface area contributed by atoms with E-state index < -0.39 is 0 Å². The highest BCUT2D eigenvalue weighted by molar-refractivity contribution is 5.95. The van der Waals surface area contributed by atoms with Crippen LogP contribution in [0.25, 0.3) is 0 Å². The van der Waals surface area contributed by atoms with Crippen molar-refractivity contribution in [2.75, 3.05) is 13.1 Å². The Morgan fingerprint density at radius 1 is 1.15 bits per heavy atom. The number of amides is 2. The quantitative estimate of drug-likeness (QED) is 0.912. The number of nitrogens with two attached hydrogens (primary N) is 1. The van der Waals surface area contributed by atoms with E-state index in [9.17, 15) is 9.59 Å². The topological polar surface area (TPSA) is 81.2 Å². The number of aromatic nitrogens is 2. The molecule has 2 heterocycles. The normalized spacial score (nSPS) is 22.3. The fourth-order valence-corrected chi connectivity index (χ4v) is 4.28. The number of rotatable bonds is 3. The molecule has 0 bridgehead atoms. The lowest BCUT2D eigenvalue weighted by Gasteiger charge is -2.20. The molecule has 2 amide bonds. The molecule has 6 heteroatoms.